The van der Waals surface area contributed by atoms with Crippen LogP contribution in [0, 0.1) is 10.1 Å². The summed E-state index contributed by atoms with van der Waals surface area (Å²) in [6.45, 7) is 5.43. The molecule has 2 heterocycles. The van der Waals surface area contributed by atoms with Crippen molar-refractivity contribution >= 4 is 28.1 Å². The van der Waals surface area contributed by atoms with Gasteiger partial charge in [-0.1, -0.05) is 30.3 Å². The molecule has 0 spiro atoms. The minimum Gasteiger partial charge on any atom is -0.368 e. The smallest absolute Gasteiger partial charge is 0.278 e. The van der Waals surface area contributed by atoms with Crippen LogP contribution in [0.1, 0.15) is 18.5 Å². The number of fused-ring (bicyclic) bond motifs is 1. The maximum absolute atomic E-state index is 12.9. The Kier molecular flexibility index (Phi) is 6.32. The van der Waals surface area contributed by atoms with Crippen LogP contribution in [0.25, 0.3) is 10.8 Å². The van der Waals surface area contributed by atoms with Crippen LogP contribution in [-0.4, -0.2) is 65.4 Å². The highest BCUT2D eigenvalue weighted by molar-refractivity contribution is 5.99. The SMILES string of the molecule is C[C@@H](c1ccccc1)N(C)C(=O)CN1CCN(c2ccc([N+](=O)[O-])c3cnccc23)CC1. The number of aromatic nitrogens is 1. The first-order valence-corrected chi connectivity index (χ1v) is 10.7. The molecular weight excluding hydrogens is 406 g/mol. The van der Waals surface area contributed by atoms with Crippen LogP contribution in [0.15, 0.2) is 60.9 Å². The van der Waals surface area contributed by atoms with Gasteiger partial charge in [-0.2, -0.15) is 0 Å². The Bertz CT molecular complexity index is 1110. The fraction of sp³-hybridized carbons (Fsp3) is 0.333. The van der Waals surface area contributed by atoms with Gasteiger partial charge in [-0.25, -0.2) is 0 Å². The lowest BCUT2D eigenvalue weighted by Gasteiger charge is -2.37. The van der Waals surface area contributed by atoms with Crippen molar-refractivity contribution in [2.75, 3.05) is 44.7 Å². The van der Waals surface area contributed by atoms with Crippen LogP contribution < -0.4 is 4.90 Å². The highest BCUT2D eigenvalue weighted by Crippen LogP contribution is 2.33. The molecule has 0 aliphatic carbocycles. The van der Waals surface area contributed by atoms with Crippen LogP contribution in [0.2, 0.25) is 0 Å². The molecule has 3 aromatic rings. The Hall–Kier alpha value is -3.52. The Morgan fingerprint density at radius 2 is 1.81 bits per heavy atom. The van der Waals surface area contributed by atoms with Gasteiger partial charge in [-0.15, -0.1) is 0 Å². The van der Waals surface area contributed by atoms with Gasteiger partial charge in [0, 0.05) is 62.8 Å². The van der Waals surface area contributed by atoms with Crippen LogP contribution in [0.3, 0.4) is 0 Å². The largest absolute Gasteiger partial charge is 0.368 e. The standard InChI is InChI=1S/C24H27N5O3/c1-18(19-6-4-3-5-7-19)26(2)24(30)17-27-12-14-28(15-13-27)22-8-9-23(29(31)32)21-16-25-11-10-20(21)22/h3-11,16,18H,12-15,17H2,1-2H3/t18-/m0/s1. The molecule has 8 heteroatoms. The average Bonchev–Trinajstić information content (AvgIpc) is 2.83. The molecule has 1 saturated heterocycles. The van der Waals surface area contributed by atoms with Gasteiger partial charge in [0.05, 0.1) is 22.9 Å². The van der Waals surface area contributed by atoms with E-state index in [9.17, 15) is 14.9 Å². The second kappa shape index (κ2) is 9.32. The molecule has 0 bridgehead atoms. The molecule has 1 fully saturated rings. The zero-order valence-electron chi connectivity index (χ0n) is 18.3. The van der Waals surface area contributed by atoms with E-state index in [0.717, 1.165) is 42.8 Å². The van der Waals surface area contributed by atoms with Gasteiger partial charge in [0.15, 0.2) is 0 Å². The highest BCUT2D eigenvalue weighted by Gasteiger charge is 2.25. The maximum Gasteiger partial charge on any atom is 0.278 e. The number of anilines is 1. The van der Waals surface area contributed by atoms with E-state index in [1.54, 1.807) is 23.4 Å². The number of likely N-dealkylation sites (N-methyl/N-ethyl adjacent to an activating group) is 1. The number of hydrogen-bond acceptors (Lipinski definition) is 6. The summed E-state index contributed by atoms with van der Waals surface area (Å²) in [7, 11) is 1.85. The molecule has 2 aromatic carbocycles. The second-order valence-electron chi connectivity index (χ2n) is 8.14. The van der Waals surface area contributed by atoms with E-state index in [1.807, 2.05) is 56.4 Å². The predicted octanol–water partition coefficient (Wildman–Crippen LogP) is 3.48. The molecule has 0 unspecified atom stereocenters. The van der Waals surface area contributed by atoms with E-state index in [4.69, 9.17) is 0 Å². The highest BCUT2D eigenvalue weighted by atomic mass is 16.6. The van der Waals surface area contributed by atoms with Crippen LogP contribution >= 0.6 is 0 Å². The Morgan fingerprint density at radius 3 is 2.50 bits per heavy atom. The second-order valence-corrected chi connectivity index (χ2v) is 8.14. The third-order valence-corrected chi connectivity index (χ3v) is 6.30. The predicted molar refractivity (Wildman–Crippen MR) is 125 cm³/mol. The van der Waals surface area contributed by atoms with Gasteiger partial charge in [0.2, 0.25) is 5.91 Å². The third-order valence-electron chi connectivity index (χ3n) is 6.30. The Morgan fingerprint density at radius 1 is 1.09 bits per heavy atom. The van der Waals surface area contributed by atoms with Crippen molar-refractivity contribution in [3.05, 3.63) is 76.6 Å². The van der Waals surface area contributed by atoms with Crippen molar-refractivity contribution < 1.29 is 9.72 Å². The number of nitro benzene ring substituents is 1. The first-order valence-electron chi connectivity index (χ1n) is 10.7. The minimum absolute atomic E-state index is 0.0186. The summed E-state index contributed by atoms with van der Waals surface area (Å²) in [5, 5.41) is 12.7. The zero-order chi connectivity index (χ0) is 22.7. The fourth-order valence-electron chi connectivity index (χ4n) is 4.22. The van der Waals surface area contributed by atoms with Gasteiger partial charge in [-0.3, -0.25) is 24.8 Å². The molecule has 0 N–H and O–H groups in total. The van der Waals surface area contributed by atoms with E-state index in [2.05, 4.69) is 14.8 Å². The number of nitrogens with zero attached hydrogens (tertiary/aromatic N) is 5. The summed E-state index contributed by atoms with van der Waals surface area (Å²) in [5.41, 5.74) is 2.15. The number of carbonyl (C=O) groups excluding carboxylic acids is 1. The molecule has 8 nitrogen and oxygen atoms in total. The van der Waals surface area contributed by atoms with E-state index < -0.39 is 0 Å². The summed E-state index contributed by atoms with van der Waals surface area (Å²) in [6, 6.07) is 15.2. The number of carbonyl (C=O) groups is 1. The van der Waals surface area contributed by atoms with E-state index >= 15 is 0 Å². The van der Waals surface area contributed by atoms with E-state index in [0.29, 0.717) is 11.9 Å². The van der Waals surface area contributed by atoms with Gasteiger partial charge in [0.1, 0.15) is 0 Å². The number of nitro groups is 1. The number of non-ortho nitro benzene ring substituents is 1. The topological polar surface area (TPSA) is 82.8 Å². The van der Waals surface area contributed by atoms with E-state index in [-0.39, 0.29) is 22.6 Å². The van der Waals surface area contributed by atoms with E-state index in [1.165, 1.54) is 0 Å². The molecule has 4 rings (SSSR count). The summed E-state index contributed by atoms with van der Waals surface area (Å²) >= 11 is 0. The quantitative estimate of drug-likeness (QED) is 0.437. The molecule has 1 atom stereocenters. The molecule has 0 saturated carbocycles. The normalized spacial score (nSPS) is 15.5. The van der Waals surface area contributed by atoms with Crippen molar-refractivity contribution in [3.63, 3.8) is 0 Å². The summed E-state index contributed by atoms with van der Waals surface area (Å²) in [6.07, 6.45) is 3.21. The van der Waals surface area contributed by atoms with Gasteiger partial charge < -0.3 is 9.80 Å². The Labute approximate surface area is 187 Å². The van der Waals surface area contributed by atoms with Crippen molar-refractivity contribution in [3.8, 4) is 0 Å². The minimum atomic E-state index is -0.371. The third kappa shape index (κ3) is 4.40. The first kappa shape index (κ1) is 21.7. The van der Waals surface area contributed by atoms with Crippen molar-refractivity contribution in [2.24, 2.45) is 0 Å². The summed E-state index contributed by atoms with van der Waals surface area (Å²) in [5.74, 6) is 0.0988. The molecule has 1 amide bonds. The van der Waals surface area contributed by atoms with Crippen LogP contribution in [-0.2, 0) is 4.79 Å². The van der Waals surface area contributed by atoms with Crippen LogP contribution in [0.5, 0.6) is 0 Å². The number of hydrogen-bond donors (Lipinski definition) is 0. The first-order chi connectivity index (χ1) is 15.5. The molecule has 166 valence electrons. The number of benzene rings is 2. The van der Waals surface area contributed by atoms with Crippen molar-refractivity contribution in [1.29, 1.82) is 0 Å². The number of pyridine rings is 1. The monoisotopic (exact) mass is 433 g/mol. The van der Waals surface area contributed by atoms with Crippen LogP contribution in [0.4, 0.5) is 11.4 Å². The molecule has 32 heavy (non-hydrogen) atoms. The lowest BCUT2D eigenvalue weighted by Crippen LogP contribution is -2.50. The van der Waals surface area contributed by atoms with Gasteiger partial charge in [-0.05, 0) is 24.6 Å². The van der Waals surface area contributed by atoms with Gasteiger partial charge in [0.25, 0.3) is 5.69 Å². The molecule has 0 radical (unpaired) electrons. The number of amides is 1. The molecule has 1 aliphatic rings. The zero-order valence-corrected chi connectivity index (χ0v) is 18.3. The molecule has 1 aromatic heterocycles. The van der Waals surface area contributed by atoms with Gasteiger partial charge >= 0.3 is 0 Å². The fourth-order valence-corrected chi connectivity index (χ4v) is 4.22. The summed E-state index contributed by atoms with van der Waals surface area (Å²) < 4.78 is 0. The summed E-state index contributed by atoms with van der Waals surface area (Å²) in [4.78, 5) is 34.1. The van der Waals surface area contributed by atoms with Crippen molar-refractivity contribution in [2.45, 2.75) is 13.0 Å². The number of piperazine rings is 1. The lowest BCUT2D eigenvalue weighted by atomic mass is 10.1. The molecule has 1 aliphatic heterocycles. The lowest BCUT2D eigenvalue weighted by molar-refractivity contribution is -0.383. The molecular formula is C24H27N5O3. The average molecular weight is 434 g/mol. The number of rotatable bonds is 6. The van der Waals surface area contributed by atoms with Crippen molar-refractivity contribution in [1.82, 2.24) is 14.8 Å². The maximum atomic E-state index is 12.9. The Balaban J connectivity index is 1.40.